The van der Waals surface area contributed by atoms with Gasteiger partial charge >= 0.3 is 0 Å². The lowest BCUT2D eigenvalue weighted by Crippen LogP contribution is -2.35. The quantitative estimate of drug-likeness (QED) is 0.840. The number of aromatic hydroxyl groups is 1. The van der Waals surface area contributed by atoms with E-state index in [-0.39, 0.29) is 12.3 Å². The molecule has 0 aliphatic rings. The molecule has 0 saturated carbocycles. The molecule has 0 bridgehead atoms. The second-order valence-electron chi connectivity index (χ2n) is 4.58. The minimum Gasteiger partial charge on any atom is -0.508 e. The number of nitrogens with zero attached hydrogens (tertiary/aromatic N) is 1. The number of hydrogen-bond acceptors (Lipinski definition) is 5. The summed E-state index contributed by atoms with van der Waals surface area (Å²) in [5.41, 5.74) is 1.05. The molecule has 0 heterocycles. The summed E-state index contributed by atoms with van der Waals surface area (Å²) in [6.45, 7) is 3.54. The molecule has 0 saturated heterocycles. The first kappa shape index (κ1) is 16.8. The molecule has 1 aromatic carbocycles. The first-order valence-corrected chi connectivity index (χ1v) is 9.71. The van der Waals surface area contributed by atoms with Gasteiger partial charge in [-0.25, -0.2) is 16.8 Å². The standard InChI is InChI=1S/C12H19NO5S2/c1-4-13(12-9-11(14)6-5-10(12)2)20(17,18)8-7-19(3,15)16/h5-6,9,14H,4,7-8H2,1-3H3. The Hall–Kier alpha value is -1.28. The van der Waals surface area contributed by atoms with Gasteiger partial charge in [-0.1, -0.05) is 6.07 Å². The zero-order valence-electron chi connectivity index (χ0n) is 11.7. The molecular formula is C12H19NO5S2. The number of sulfone groups is 1. The molecular weight excluding hydrogens is 302 g/mol. The number of benzene rings is 1. The fourth-order valence-corrected chi connectivity index (χ4v) is 4.91. The fraction of sp³-hybridized carbons (Fsp3) is 0.500. The smallest absolute Gasteiger partial charge is 0.236 e. The first-order valence-electron chi connectivity index (χ1n) is 6.04. The highest BCUT2D eigenvalue weighted by Gasteiger charge is 2.24. The average molecular weight is 321 g/mol. The highest BCUT2D eigenvalue weighted by atomic mass is 32.2. The van der Waals surface area contributed by atoms with Crippen LogP contribution in [0, 0.1) is 6.92 Å². The van der Waals surface area contributed by atoms with E-state index in [0.717, 1.165) is 10.6 Å². The van der Waals surface area contributed by atoms with Gasteiger partial charge in [0.1, 0.15) is 15.6 Å². The summed E-state index contributed by atoms with van der Waals surface area (Å²) in [4.78, 5) is 0. The van der Waals surface area contributed by atoms with Crippen LogP contribution in [0.5, 0.6) is 5.75 Å². The van der Waals surface area contributed by atoms with Crippen molar-refractivity contribution in [2.75, 3.05) is 28.6 Å². The van der Waals surface area contributed by atoms with Gasteiger partial charge < -0.3 is 5.11 Å². The fourth-order valence-electron chi connectivity index (χ4n) is 1.75. The van der Waals surface area contributed by atoms with Crippen LogP contribution >= 0.6 is 0 Å². The van der Waals surface area contributed by atoms with Crippen molar-refractivity contribution in [3.63, 3.8) is 0 Å². The third-order valence-electron chi connectivity index (χ3n) is 2.80. The molecule has 0 aliphatic carbocycles. The Labute approximate surface area is 120 Å². The minimum absolute atomic E-state index is 0.0395. The summed E-state index contributed by atoms with van der Waals surface area (Å²) < 4.78 is 47.9. The number of phenols is 1. The normalized spacial score (nSPS) is 12.3. The Bertz CT molecular complexity index is 680. The van der Waals surface area contributed by atoms with Crippen molar-refractivity contribution in [1.82, 2.24) is 0 Å². The van der Waals surface area contributed by atoms with Gasteiger partial charge in [0.05, 0.1) is 17.2 Å². The molecule has 0 fully saturated rings. The van der Waals surface area contributed by atoms with Gasteiger partial charge in [0, 0.05) is 18.9 Å². The van der Waals surface area contributed by atoms with E-state index in [9.17, 15) is 21.9 Å². The SMILES string of the molecule is CCN(c1cc(O)ccc1C)S(=O)(=O)CCS(C)(=O)=O. The lowest BCUT2D eigenvalue weighted by Gasteiger charge is -2.24. The second kappa shape index (κ2) is 6.01. The van der Waals surface area contributed by atoms with Gasteiger partial charge in [-0.3, -0.25) is 4.31 Å². The molecule has 0 aliphatic heterocycles. The molecule has 8 heteroatoms. The van der Waals surface area contributed by atoms with Crippen LogP contribution in [0.1, 0.15) is 12.5 Å². The van der Waals surface area contributed by atoms with E-state index < -0.39 is 31.4 Å². The third kappa shape index (κ3) is 4.38. The third-order valence-corrected chi connectivity index (χ3v) is 5.85. The molecule has 0 radical (unpaired) electrons. The Morgan fingerprint density at radius 3 is 2.25 bits per heavy atom. The van der Waals surface area contributed by atoms with Gasteiger partial charge in [-0.15, -0.1) is 0 Å². The van der Waals surface area contributed by atoms with Crippen molar-refractivity contribution in [1.29, 1.82) is 0 Å². The van der Waals surface area contributed by atoms with Crippen LogP contribution in [0.3, 0.4) is 0 Å². The van der Waals surface area contributed by atoms with Gasteiger partial charge in [-0.2, -0.15) is 0 Å². The molecule has 1 N–H and O–H groups in total. The number of rotatable bonds is 6. The lowest BCUT2D eigenvalue weighted by atomic mass is 10.2. The van der Waals surface area contributed by atoms with Crippen molar-refractivity contribution >= 4 is 25.5 Å². The molecule has 1 rings (SSSR count). The number of sulfonamides is 1. The van der Waals surface area contributed by atoms with E-state index in [1.165, 1.54) is 12.1 Å². The lowest BCUT2D eigenvalue weighted by molar-refractivity contribution is 0.475. The number of hydrogen-bond donors (Lipinski definition) is 1. The molecule has 0 atom stereocenters. The maximum absolute atomic E-state index is 12.3. The molecule has 0 aromatic heterocycles. The van der Waals surface area contributed by atoms with E-state index in [1.54, 1.807) is 19.9 Å². The number of anilines is 1. The van der Waals surface area contributed by atoms with Crippen LogP contribution in [0.15, 0.2) is 18.2 Å². The summed E-state index contributed by atoms with van der Waals surface area (Å²) in [5.74, 6) is -0.944. The molecule has 0 unspecified atom stereocenters. The maximum atomic E-state index is 12.3. The van der Waals surface area contributed by atoms with Gasteiger partial charge in [0.25, 0.3) is 0 Å². The van der Waals surface area contributed by atoms with Crippen LogP contribution in [0.2, 0.25) is 0 Å². The zero-order valence-corrected chi connectivity index (χ0v) is 13.3. The van der Waals surface area contributed by atoms with Crippen molar-refractivity contribution in [2.45, 2.75) is 13.8 Å². The van der Waals surface area contributed by atoms with Crippen LogP contribution in [0.25, 0.3) is 0 Å². The minimum atomic E-state index is -3.75. The topological polar surface area (TPSA) is 91.8 Å². The van der Waals surface area contributed by atoms with Crippen molar-refractivity contribution in [3.05, 3.63) is 23.8 Å². The first-order chi connectivity index (χ1) is 9.07. The summed E-state index contributed by atoms with van der Waals surface area (Å²) in [7, 11) is -7.11. The molecule has 114 valence electrons. The monoisotopic (exact) mass is 321 g/mol. The summed E-state index contributed by atoms with van der Waals surface area (Å²) in [6.07, 6.45) is 0.998. The average Bonchev–Trinajstić information content (AvgIpc) is 2.31. The molecule has 6 nitrogen and oxygen atoms in total. The highest BCUT2D eigenvalue weighted by Crippen LogP contribution is 2.27. The van der Waals surface area contributed by atoms with Crippen LogP contribution in [-0.4, -0.2) is 46.2 Å². The Morgan fingerprint density at radius 1 is 1.15 bits per heavy atom. The van der Waals surface area contributed by atoms with Crippen LogP contribution < -0.4 is 4.31 Å². The molecule has 0 spiro atoms. The van der Waals surface area contributed by atoms with E-state index in [4.69, 9.17) is 0 Å². The summed E-state index contributed by atoms with van der Waals surface area (Å²) in [6, 6.07) is 4.44. The van der Waals surface area contributed by atoms with Gasteiger partial charge in [-0.05, 0) is 25.5 Å². The largest absolute Gasteiger partial charge is 0.508 e. The number of aryl methyl sites for hydroxylation is 1. The Balaban J connectivity index is 3.15. The zero-order chi connectivity index (χ0) is 15.6. The van der Waals surface area contributed by atoms with Crippen LogP contribution in [-0.2, 0) is 19.9 Å². The highest BCUT2D eigenvalue weighted by molar-refractivity contribution is 7.95. The Morgan fingerprint density at radius 2 is 1.75 bits per heavy atom. The van der Waals surface area contributed by atoms with E-state index in [1.807, 2.05) is 0 Å². The summed E-state index contributed by atoms with van der Waals surface area (Å²) >= 11 is 0. The molecule has 20 heavy (non-hydrogen) atoms. The van der Waals surface area contributed by atoms with Crippen LogP contribution in [0.4, 0.5) is 5.69 Å². The van der Waals surface area contributed by atoms with E-state index >= 15 is 0 Å². The van der Waals surface area contributed by atoms with Gasteiger partial charge in [0.2, 0.25) is 10.0 Å². The van der Waals surface area contributed by atoms with E-state index in [2.05, 4.69) is 0 Å². The summed E-state index contributed by atoms with van der Waals surface area (Å²) in [5, 5.41) is 9.49. The van der Waals surface area contributed by atoms with Crippen molar-refractivity contribution in [2.24, 2.45) is 0 Å². The predicted octanol–water partition coefficient (Wildman–Crippen LogP) is 0.901. The predicted molar refractivity (Wildman–Crippen MR) is 79.4 cm³/mol. The maximum Gasteiger partial charge on any atom is 0.236 e. The van der Waals surface area contributed by atoms with Crippen molar-refractivity contribution in [3.8, 4) is 5.75 Å². The van der Waals surface area contributed by atoms with Gasteiger partial charge in [0.15, 0.2) is 0 Å². The Kier molecular flexibility index (Phi) is 5.04. The molecule has 0 amide bonds. The van der Waals surface area contributed by atoms with Crippen molar-refractivity contribution < 1.29 is 21.9 Å². The number of phenolic OH excluding ortho intramolecular Hbond substituents is 1. The molecule has 1 aromatic rings. The van der Waals surface area contributed by atoms with E-state index in [0.29, 0.717) is 11.3 Å². The second-order valence-corrected chi connectivity index (χ2v) is 8.85.